The monoisotopic (exact) mass is 382 g/mol. The van der Waals surface area contributed by atoms with Gasteiger partial charge in [0.25, 0.3) is 0 Å². The largest absolute Gasteiger partial charge is 0.370 e. The molecule has 0 atom stereocenters. The molecule has 2 aromatic carbocycles. The summed E-state index contributed by atoms with van der Waals surface area (Å²) < 4.78 is 5.43. The van der Waals surface area contributed by atoms with E-state index in [1.807, 2.05) is 30.3 Å². The van der Waals surface area contributed by atoms with Gasteiger partial charge in [-0.3, -0.25) is 9.59 Å². The normalized spacial score (nSPS) is 14.5. The molecule has 6 nitrogen and oxygen atoms in total. The highest BCUT2D eigenvalue weighted by molar-refractivity contribution is 5.88. The van der Waals surface area contributed by atoms with Crippen molar-refractivity contribution in [3.63, 3.8) is 0 Å². The highest BCUT2D eigenvalue weighted by Crippen LogP contribution is 2.11. The summed E-state index contributed by atoms with van der Waals surface area (Å²) >= 11 is 0. The quantitative estimate of drug-likeness (QED) is 0.667. The van der Waals surface area contributed by atoms with E-state index in [0.717, 1.165) is 49.7 Å². The molecule has 2 aromatic rings. The van der Waals surface area contributed by atoms with E-state index in [4.69, 9.17) is 4.74 Å². The van der Waals surface area contributed by atoms with Gasteiger partial charge in [-0.15, -0.1) is 0 Å². The summed E-state index contributed by atoms with van der Waals surface area (Å²) in [5.41, 5.74) is 4.09. The van der Waals surface area contributed by atoms with Crippen molar-refractivity contribution < 1.29 is 19.2 Å². The zero-order chi connectivity index (χ0) is 19.8. The van der Waals surface area contributed by atoms with Crippen LogP contribution < -0.4 is 15.5 Å². The van der Waals surface area contributed by atoms with Gasteiger partial charge in [0.15, 0.2) is 0 Å². The second kappa shape index (κ2) is 10.0. The average molecular weight is 382 g/mol. The summed E-state index contributed by atoms with van der Waals surface area (Å²) in [7, 11) is 0. The Morgan fingerprint density at radius 1 is 1.00 bits per heavy atom. The first-order valence-electron chi connectivity index (χ1n) is 9.71. The lowest BCUT2D eigenvalue weighted by atomic mass is 10.1. The molecule has 0 saturated carbocycles. The second-order valence-electron chi connectivity index (χ2n) is 7.14. The zero-order valence-corrected chi connectivity index (χ0v) is 16.3. The Morgan fingerprint density at radius 2 is 1.68 bits per heavy atom. The van der Waals surface area contributed by atoms with Crippen LogP contribution in [0.4, 0.5) is 5.69 Å². The summed E-state index contributed by atoms with van der Waals surface area (Å²) in [5, 5.41) is 5.75. The third-order valence-corrected chi connectivity index (χ3v) is 4.87. The number of carbonyl (C=O) groups is 2. The molecule has 0 aromatic heterocycles. The van der Waals surface area contributed by atoms with E-state index in [1.54, 1.807) is 0 Å². The lowest BCUT2D eigenvalue weighted by Gasteiger charge is -2.24. The molecule has 148 valence electrons. The molecule has 1 aliphatic rings. The van der Waals surface area contributed by atoms with Crippen LogP contribution in [0.1, 0.15) is 23.6 Å². The first kappa shape index (κ1) is 20.0. The highest BCUT2D eigenvalue weighted by atomic mass is 16.5. The summed E-state index contributed by atoms with van der Waals surface area (Å²) in [6.07, 6.45) is 0.317. The molecule has 2 amide bonds. The van der Waals surface area contributed by atoms with Gasteiger partial charge in [0, 0.05) is 24.7 Å². The average Bonchev–Trinajstić information content (AvgIpc) is 2.69. The van der Waals surface area contributed by atoms with E-state index < -0.39 is 0 Å². The van der Waals surface area contributed by atoms with Crippen LogP contribution in [0.15, 0.2) is 48.5 Å². The van der Waals surface area contributed by atoms with E-state index >= 15 is 0 Å². The van der Waals surface area contributed by atoms with Crippen molar-refractivity contribution in [3.8, 4) is 0 Å². The van der Waals surface area contributed by atoms with Crippen LogP contribution in [0, 0.1) is 0 Å². The minimum atomic E-state index is -0.108. The Labute approximate surface area is 165 Å². The topological polar surface area (TPSA) is 71.9 Å². The van der Waals surface area contributed by atoms with Crippen molar-refractivity contribution >= 4 is 17.5 Å². The maximum atomic E-state index is 12.3. The molecule has 1 saturated heterocycles. The molecule has 0 unspecified atom stereocenters. The lowest BCUT2D eigenvalue weighted by Crippen LogP contribution is -3.12. The van der Waals surface area contributed by atoms with Gasteiger partial charge in [-0.25, -0.2) is 0 Å². The van der Waals surface area contributed by atoms with Crippen LogP contribution in [-0.4, -0.2) is 38.1 Å². The molecule has 1 heterocycles. The fraction of sp³-hybridized carbons (Fsp3) is 0.364. The zero-order valence-electron chi connectivity index (χ0n) is 16.3. The number of morpholine rings is 1. The van der Waals surface area contributed by atoms with Crippen molar-refractivity contribution in [1.29, 1.82) is 0 Å². The highest BCUT2D eigenvalue weighted by Gasteiger charge is 2.16. The van der Waals surface area contributed by atoms with Crippen LogP contribution in [-0.2, 0) is 33.8 Å². The molecule has 28 heavy (non-hydrogen) atoms. The predicted octanol–water partition coefficient (Wildman–Crippen LogP) is 0.919. The Morgan fingerprint density at radius 3 is 2.36 bits per heavy atom. The fourth-order valence-electron chi connectivity index (χ4n) is 3.36. The number of benzene rings is 2. The van der Waals surface area contributed by atoms with Crippen molar-refractivity contribution in [1.82, 2.24) is 5.32 Å². The molecule has 0 spiro atoms. The molecule has 3 N–H and O–H groups in total. The number of quaternary nitrogens is 1. The van der Waals surface area contributed by atoms with Gasteiger partial charge < -0.3 is 20.3 Å². The molecule has 3 rings (SSSR count). The number of ether oxygens (including phenoxy) is 1. The number of nitrogens with one attached hydrogen (secondary N) is 3. The summed E-state index contributed by atoms with van der Waals surface area (Å²) in [6, 6.07) is 15.6. The van der Waals surface area contributed by atoms with Crippen molar-refractivity contribution in [2.45, 2.75) is 26.4 Å². The third kappa shape index (κ3) is 6.18. The van der Waals surface area contributed by atoms with Gasteiger partial charge in [0.2, 0.25) is 11.8 Å². The van der Waals surface area contributed by atoms with Gasteiger partial charge in [-0.05, 0) is 23.3 Å². The lowest BCUT2D eigenvalue weighted by molar-refractivity contribution is -0.921. The Kier molecular flexibility index (Phi) is 7.17. The van der Waals surface area contributed by atoms with Crippen LogP contribution in [0.5, 0.6) is 0 Å². The number of amides is 2. The minimum absolute atomic E-state index is 0.0131. The van der Waals surface area contributed by atoms with E-state index in [9.17, 15) is 9.59 Å². The van der Waals surface area contributed by atoms with Crippen molar-refractivity contribution in [2.75, 3.05) is 31.6 Å². The van der Waals surface area contributed by atoms with E-state index in [0.29, 0.717) is 13.0 Å². The van der Waals surface area contributed by atoms with Gasteiger partial charge in [0.1, 0.15) is 19.6 Å². The van der Waals surface area contributed by atoms with Crippen LogP contribution in [0.2, 0.25) is 0 Å². The Balaban J connectivity index is 1.52. The standard InChI is InChI=1S/C22H27N3O3/c1-17(26)24-21-8-6-18(7-9-21)14-22(27)23-15-19-4-2-3-5-20(19)16-25-10-12-28-13-11-25/h2-9H,10-16H2,1H3,(H,23,27)(H,24,26)/p+1. The maximum absolute atomic E-state index is 12.3. The maximum Gasteiger partial charge on any atom is 0.224 e. The fourth-order valence-corrected chi connectivity index (χ4v) is 3.36. The molecule has 6 heteroatoms. The number of anilines is 1. The van der Waals surface area contributed by atoms with Gasteiger partial charge >= 0.3 is 0 Å². The first-order chi connectivity index (χ1) is 13.6. The molecule has 0 aliphatic carbocycles. The summed E-state index contributed by atoms with van der Waals surface area (Å²) in [5.74, 6) is -0.121. The molecular weight excluding hydrogens is 354 g/mol. The van der Waals surface area contributed by atoms with Crippen molar-refractivity contribution in [3.05, 3.63) is 65.2 Å². The van der Waals surface area contributed by atoms with Gasteiger partial charge in [0.05, 0.1) is 19.6 Å². The minimum Gasteiger partial charge on any atom is -0.370 e. The van der Waals surface area contributed by atoms with Crippen LogP contribution in [0.25, 0.3) is 0 Å². The Hall–Kier alpha value is -2.70. The predicted molar refractivity (Wildman–Crippen MR) is 108 cm³/mol. The second-order valence-corrected chi connectivity index (χ2v) is 7.14. The van der Waals surface area contributed by atoms with Crippen LogP contribution in [0.3, 0.4) is 0 Å². The number of rotatable bonds is 7. The van der Waals surface area contributed by atoms with E-state index in [-0.39, 0.29) is 11.8 Å². The molecule has 1 aliphatic heterocycles. The van der Waals surface area contributed by atoms with Gasteiger partial charge in [-0.1, -0.05) is 36.4 Å². The van der Waals surface area contributed by atoms with E-state index in [2.05, 4.69) is 28.8 Å². The number of carbonyl (C=O) groups excluding carboxylic acids is 2. The van der Waals surface area contributed by atoms with Crippen LogP contribution >= 0.6 is 0 Å². The molecule has 0 bridgehead atoms. The van der Waals surface area contributed by atoms with Crippen molar-refractivity contribution in [2.24, 2.45) is 0 Å². The molecular formula is C22H28N3O3+. The summed E-state index contributed by atoms with van der Waals surface area (Å²) in [4.78, 5) is 24.9. The molecule has 0 radical (unpaired) electrons. The smallest absolute Gasteiger partial charge is 0.224 e. The molecule has 1 fully saturated rings. The summed E-state index contributed by atoms with van der Waals surface area (Å²) in [6.45, 7) is 6.64. The van der Waals surface area contributed by atoms with Gasteiger partial charge in [-0.2, -0.15) is 0 Å². The first-order valence-corrected chi connectivity index (χ1v) is 9.71. The number of hydrogen-bond acceptors (Lipinski definition) is 3. The van der Waals surface area contributed by atoms with E-state index in [1.165, 1.54) is 17.4 Å². The SMILES string of the molecule is CC(=O)Nc1ccc(CC(=O)NCc2ccccc2C[NH+]2CCOCC2)cc1. The third-order valence-electron chi connectivity index (χ3n) is 4.87. The number of hydrogen-bond donors (Lipinski definition) is 3. The Bertz CT molecular complexity index is 799.